The number of benzene rings is 6. The third-order valence-corrected chi connectivity index (χ3v) is 10.9. The minimum absolute atomic E-state index is 0.00507. The van der Waals surface area contributed by atoms with Gasteiger partial charge in [0.25, 0.3) is 0 Å². The summed E-state index contributed by atoms with van der Waals surface area (Å²) in [4.78, 5) is 15.2. The SMILES string of the molecule is O=C(c1ccccc1)[C@@]1(O)[C@@H](C(O)C(c2ccccc2)(c2ccccc2)c2ccccc2)O[C@H](O)[C@@](O)(Cc2ccccc2)[C@]1(O)Cc1ccccc1. The molecule has 0 radical (unpaired) electrons. The number of rotatable bonds is 11. The molecule has 7 rings (SSSR count). The van der Waals surface area contributed by atoms with Gasteiger partial charge < -0.3 is 30.3 Å². The second-order valence-electron chi connectivity index (χ2n) is 13.8. The van der Waals surface area contributed by atoms with Crippen molar-refractivity contribution in [1.82, 2.24) is 0 Å². The highest BCUT2D eigenvalue weighted by Crippen LogP contribution is 2.54. The van der Waals surface area contributed by atoms with Crippen molar-refractivity contribution in [2.45, 2.75) is 53.6 Å². The van der Waals surface area contributed by atoms with E-state index in [1.807, 2.05) is 91.0 Å². The van der Waals surface area contributed by atoms with Crippen LogP contribution in [-0.2, 0) is 23.0 Å². The Bertz CT molecular complexity index is 2000. The normalized spacial score (nSPS) is 25.0. The van der Waals surface area contributed by atoms with Crippen molar-refractivity contribution in [2.24, 2.45) is 0 Å². The summed E-state index contributed by atoms with van der Waals surface area (Å²) in [5.41, 5.74) is -7.45. The molecule has 0 aliphatic carbocycles. The lowest BCUT2D eigenvalue weighted by atomic mass is 9.55. The van der Waals surface area contributed by atoms with Crippen LogP contribution in [0.1, 0.15) is 38.2 Å². The summed E-state index contributed by atoms with van der Waals surface area (Å²) in [6.45, 7) is 0. The van der Waals surface area contributed by atoms with Gasteiger partial charge >= 0.3 is 0 Å². The van der Waals surface area contributed by atoms with Gasteiger partial charge in [0.05, 0.1) is 5.41 Å². The van der Waals surface area contributed by atoms with Crippen LogP contribution in [0.2, 0.25) is 0 Å². The van der Waals surface area contributed by atoms with Crippen LogP contribution >= 0.6 is 0 Å². The minimum Gasteiger partial charge on any atom is -0.389 e. The summed E-state index contributed by atoms with van der Waals surface area (Å²) in [5, 5.41) is 65.3. The molecule has 6 aromatic rings. The van der Waals surface area contributed by atoms with E-state index in [0.717, 1.165) is 0 Å². The number of carbonyl (C=O) groups excluding carboxylic acids is 1. The van der Waals surface area contributed by atoms with Gasteiger partial charge in [0.15, 0.2) is 23.3 Å². The van der Waals surface area contributed by atoms with Crippen LogP contribution in [0.15, 0.2) is 182 Å². The predicted molar refractivity (Wildman–Crippen MR) is 202 cm³/mol. The second-order valence-corrected chi connectivity index (χ2v) is 13.8. The molecule has 0 spiro atoms. The first-order valence-corrected chi connectivity index (χ1v) is 17.7. The van der Waals surface area contributed by atoms with E-state index < -0.39 is 59.3 Å². The molecule has 6 atom stereocenters. The first kappa shape index (κ1) is 36.1. The number of carbonyl (C=O) groups is 1. The van der Waals surface area contributed by atoms with E-state index in [4.69, 9.17) is 4.74 Å². The lowest BCUT2D eigenvalue weighted by molar-refractivity contribution is -0.389. The van der Waals surface area contributed by atoms with Gasteiger partial charge in [-0.3, -0.25) is 4.79 Å². The Morgan fingerprint density at radius 3 is 1.34 bits per heavy atom. The number of aliphatic hydroxyl groups excluding tert-OH is 2. The zero-order valence-electron chi connectivity index (χ0n) is 29.0. The third kappa shape index (κ3) is 6.02. The molecule has 5 N–H and O–H groups in total. The third-order valence-electron chi connectivity index (χ3n) is 10.9. The number of ether oxygens (including phenoxy) is 1. The van der Waals surface area contributed by atoms with E-state index >= 15 is 4.79 Å². The smallest absolute Gasteiger partial charge is 0.200 e. The Kier molecular flexibility index (Phi) is 9.98. The maximum Gasteiger partial charge on any atom is 0.200 e. The molecule has 53 heavy (non-hydrogen) atoms. The van der Waals surface area contributed by atoms with Crippen molar-refractivity contribution in [3.63, 3.8) is 0 Å². The quantitative estimate of drug-likeness (QED) is 0.0870. The van der Waals surface area contributed by atoms with Crippen LogP contribution in [0.3, 0.4) is 0 Å². The standard InChI is InChI=1S/C46H42O7/c47-39(35-23-11-3-12-24-35)46(52)41(40(48)45(36-25-13-4-14-26-36,37-27-15-5-16-28-37)38-29-17-6-18-30-38)53-42(49)43(50,31-33-19-7-1-8-20-33)44(46,51)32-34-21-9-2-10-22-34/h1-30,40-42,48-52H,31-32H2/t40?,41-,42+,43+,44-,46-/m1/s1. The van der Waals surface area contributed by atoms with Gasteiger partial charge in [-0.25, -0.2) is 0 Å². The lowest BCUT2D eigenvalue weighted by Gasteiger charge is -2.61. The van der Waals surface area contributed by atoms with E-state index in [2.05, 4.69) is 0 Å². The molecule has 0 bridgehead atoms. The van der Waals surface area contributed by atoms with Crippen LogP contribution in [0.25, 0.3) is 0 Å². The molecular formula is C46H42O7. The van der Waals surface area contributed by atoms with Crippen molar-refractivity contribution in [3.05, 3.63) is 215 Å². The zero-order valence-corrected chi connectivity index (χ0v) is 29.0. The summed E-state index contributed by atoms with van der Waals surface area (Å²) >= 11 is 0. The summed E-state index contributed by atoms with van der Waals surface area (Å²) in [5.74, 6) is -0.998. The first-order valence-electron chi connectivity index (χ1n) is 17.7. The first-order chi connectivity index (χ1) is 25.7. The topological polar surface area (TPSA) is 127 Å². The molecule has 1 aliphatic heterocycles. The second kappa shape index (κ2) is 14.6. The average Bonchev–Trinajstić information content (AvgIpc) is 3.21. The van der Waals surface area contributed by atoms with Crippen molar-refractivity contribution in [1.29, 1.82) is 0 Å². The molecule has 0 aromatic heterocycles. The van der Waals surface area contributed by atoms with Gasteiger partial charge in [-0.15, -0.1) is 0 Å². The van der Waals surface area contributed by atoms with Crippen molar-refractivity contribution in [2.75, 3.05) is 0 Å². The number of hydrogen-bond donors (Lipinski definition) is 5. The Balaban J connectivity index is 1.54. The molecule has 6 aromatic carbocycles. The van der Waals surface area contributed by atoms with Crippen molar-refractivity contribution < 1.29 is 35.1 Å². The van der Waals surface area contributed by atoms with Crippen LogP contribution in [0.5, 0.6) is 0 Å². The monoisotopic (exact) mass is 706 g/mol. The summed E-state index contributed by atoms with van der Waals surface area (Å²) < 4.78 is 6.32. The molecule has 1 unspecified atom stereocenters. The maximum absolute atomic E-state index is 15.2. The molecule has 268 valence electrons. The fraction of sp³-hybridized carbons (Fsp3) is 0.196. The van der Waals surface area contributed by atoms with Crippen LogP contribution in [0, 0.1) is 0 Å². The molecule has 0 saturated carbocycles. The van der Waals surface area contributed by atoms with Gasteiger partial charge in [0, 0.05) is 18.4 Å². The Labute approximate surface area is 309 Å². The van der Waals surface area contributed by atoms with Crippen molar-refractivity contribution in [3.8, 4) is 0 Å². The van der Waals surface area contributed by atoms with E-state index in [1.54, 1.807) is 78.9 Å². The fourth-order valence-electron chi connectivity index (χ4n) is 8.21. The van der Waals surface area contributed by atoms with Gasteiger partial charge in [-0.05, 0) is 27.8 Å². The summed E-state index contributed by atoms with van der Waals surface area (Å²) in [7, 11) is 0. The summed E-state index contributed by atoms with van der Waals surface area (Å²) in [6, 6.07) is 52.8. The van der Waals surface area contributed by atoms with Crippen LogP contribution < -0.4 is 0 Å². The van der Waals surface area contributed by atoms with Gasteiger partial charge in [-0.2, -0.15) is 0 Å². The van der Waals surface area contributed by atoms with Gasteiger partial charge in [-0.1, -0.05) is 182 Å². The molecule has 0 amide bonds. The largest absolute Gasteiger partial charge is 0.389 e. The molecule has 7 nitrogen and oxygen atoms in total. The molecule has 1 heterocycles. The highest BCUT2D eigenvalue weighted by molar-refractivity contribution is 6.04. The van der Waals surface area contributed by atoms with E-state index in [9.17, 15) is 25.5 Å². The van der Waals surface area contributed by atoms with Crippen LogP contribution in [0.4, 0.5) is 0 Å². The van der Waals surface area contributed by atoms with E-state index in [-0.39, 0.29) is 5.56 Å². The van der Waals surface area contributed by atoms with E-state index in [1.165, 1.54) is 12.1 Å². The Hall–Kier alpha value is -5.25. The Morgan fingerprint density at radius 2 is 0.925 bits per heavy atom. The lowest BCUT2D eigenvalue weighted by Crippen LogP contribution is -2.85. The van der Waals surface area contributed by atoms with Gasteiger partial charge in [0.1, 0.15) is 17.8 Å². The summed E-state index contributed by atoms with van der Waals surface area (Å²) in [6.07, 6.45) is -7.00. The maximum atomic E-state index is 15.2. The highest BCUT2D eigenvalue weighted by Gasteiger charge is 2.76. The average molecular weight is 707 g/mol. The molecular weight excluding hydrogens is 664 g/mol. The number of Topliss-reactive ketones (excluding diaryl/α,β-unsaturated/α-hetero) is 1. The molecule has 7 heteroatoms. The minimum atomic E-state index is -3.09. The molecule has 1 aliphatic rings. The molecule has 1 fully saturated rings. The number of ketones is 1. The van der Waals surface area contributed by atoms with Gasteiger partial charge in [0.2, 0.25) is 0 Å². The zero-order chi connectivity index (χ0) is 37.1. The number of hydrogen-bond acceptors (Lipinski definition) is 7. The Morgan fingerprint density at radius 1 is 0.566 bits per heavy atom. The van der Waals surface area contributed by atoms with Crippen LogP contribution in [-0.4, -0.2) is 66.6 Å². The number of aliphatic hydroxyl groups is 5. The predicted octanol–water partition coefficient (Wildman–Crippen LogP) is 5.66. The molecule has 1 saturated heterocycles. The van der Waals surface area contributed by atoms with E-state index in [0.29, 0.717) is 27.8 Å². The van der Waals surface area contributed by atoms with Crippen molar-refractivity contribution >= 4 is 5.78 Å². The fourth-order valence-corrected chi connectivity index (χ4v) is 8.21. The highest BCUT2D eigenvalue weighted by atomic mass is 16.6.